The second kappa shape index (κ2) is 7.23. The van der Waals surface area contributed by atoms with Crippen molar-refractivity contribution in [3.8, 4) is 0 Å². The lowest BCUT2D eigenvalue weighted by Crippen LogP contribution is -2.40. The topological polar surface area (TPSA) is 46.3 Å². The van der Waals surface area contributed by atoms with Gasteiger partial charge in [0.25, 0.3) is 0 Å². The molecule has 2 rings (SSSR count). The fourth-order valence-corrected chi connectivity index (χ4v) is 2.94. The Bertz CT molecular complexity index is 468. The molecule has 4 heteroatoms. The first-order valence-electron chi connectivity index (χ1n) is 7.33. The van der Waals surface area contributed by atoms with Crippen LogP contribution < -0.4 is 5.73 Å². The number of aryl methyl sites for hydroxylation is 2. The molecule has 0 aromatic heterocycles. The number of carbonyl (C=O) groups is 1. The first kappa shape index (κ1) is 15.5. The lowest BCUT2D eigenvalue weighted by Gasteiger charge is -2.31. The van der Waals surface area contributed by atoms with E-state index in [2.05, 4.69) is 41.1 Å². The van der Waals surface area contributed by atoms with Gasteiger partial charge in [-0.2, -0.15) is 0 Å². The number of benzene rings is 1. The molecule has 1 aliphatic heterocycles. The smallest absolute Gasteiger partial charge is 0.222 e. The summed E-state index contributed by atoms with van der Waals surface area (Å²) >= 11 is 3.50. The first-order valence-corrected chi connectivity index (χ1v) is 8.12. The third kappa shape index (κ3) is 4.06. The van der Waals surface area contributed by atoms with Gasteiger partial charge in [0.1, 0.15) is 0 Å². The zero-order valence-electron chi connectivity index (χ0n) is 12.1. The maximum Gasteiger partial charge on any atom is 0.222 e. The Morgan fingerprint density at radius 1 is 1.40 bits per heavy atom. The Morgan fingerprint density at radius 2 is 2.10 bits per heavy atom. The summed E-state index contributed by atoms with van der Waals surface area (Å²) in [5.41, 5.74) is 8.13. The van der Waals surface area contributed by atoms with Crippen LogP contribution in [0.1, 0.15) is 30.4 Å². The van der Waals surface area contributed by atoms with Crippen LogP contribution in [0, 0.1) is 12.8 Å². The Morgan fingerprint density at radius 3 is 2.70 bits per heavy atom. The molecule has 1 heterocycles. The van der Waals surface area contributed by atoms with Crippen molar-refractivity contribution in [2.45, 2.75) is 32.6 Å². The van der Waals surface area contributed by atoms with Crippen LogP contribution in [0.2, 0.25) is 0 Å². The number of piperidine rings is 1. The van der Waals surface area contributed by atoms with Crippen molar-refractivity contribution in [1.29, 1.82) is 0 Å². The third-order valence-corrected chi connectivity index (χ3v) is 5.04. The summed E-state index contributed by atoms with van der Waals surface area (Å²) in [7, 11) is 0. The molecule has 1 aromatic rings. The molecule has 0 unspecified atom stereocenters. The summed E-state index contributed by atoms with van der Waals surface area (Å²) in [4.78, 5) is 14.2. The molecule has 0 aliphatic carbocycles. The van der Waals surface area contributed by atoms with E-state index in [1.54, 1.807) is 0 Å². The molecule has 3 nitrogen and oxygen atoms in total. The Hall–Kier alpha value is -0.870. The molecule has 20 heavy (non-hydrogen) atoms. The van der Waals surface area contributed by atoms with Gasteiger partial charge in [-0.05, 0) is 55.8 Å². The van der Waals surface area contributed by atoms with Crippen molar-refractivity contribution in [2.75, 3.05) is 19.6 Å². The minimum Gasteiger partial charge on any atom is -0.343 e. The number of amides is 1. The molecule has 2 N–H and O–H groups in total. The van der Waals surface area contributed by atoms with Crippen LogP contribution in [0.5, 0.6) is 0 Å². The van der Waals surface area contributed by atoms with E-state index in [4.69, 9.17) is 5.73 Å². The monoisotopic (exact) mass is 338 g/mol. The van der Waals surface area contributed by atoms with E-state index < -0.39 is 0 Å². The van der Waals surface area contributed by atoms with E-state index in [0.29, 0.717) is 12.3 Å². The zero-order chi connectivity index (χ0) is 14.5. The average molecular weight is 339 g/mol. The Kier molecular flexibility index (Phi) is 5.61. The van der Waals surface area contributed by atoms with E-state index >= 15 is 0 Å². The molecule has 0 spiro atoms. The lowest BCUT2D eigenvalue weighted by molar-refractivity contribution is -0.132. The number of rotatable bonds is 4. The van der Waals surface area contributed by atoms with Gasteiger partial charge in [-0.3, -0.25) is 4.79 Å². The molecular formula is C16H23BrN2O. The van der Waals surface area contributed by atoms with Gasteiger partial charge in [-0.25, -0.2) is 0 Å². The summed E-state index contributed by atoms with van der Waals surface area (Å²) in [6, 6.07) is 6.30. The van der Waals surface area contributed by atoms with Gasteiger partial charge < -0.3 is 10.6 Å². The molecule has 110 valence electrons. The third-order valence-electron chi connectivity index (χ3n) is 4.15. The lowest BCUT2D eigenvalue weighted by atomic mass is 9.96. The highest BCUT2D eigenvalue weighted by molar-refractivity contribution is 9.10. The number of halogens is 1. The van der Waals surface area contributed by atoms with Crippen LogP contribution >= 0.6 is 15.9 Å². The number of likely N-dealkylation sites (tertiary alicyclic amines) is 1. The number of nitrogens with zero attached hydrogens (tertiary/aromatic N) is 1. The van der Waals surface area contributed by atoms with Gasteiger partial charge in [-0.1, -0.05) is 28.1 Å². The van der Waals surface area contributed by atoms with Gasteiger partial charge >= 0.3 is 0 Å². The highest BCUT2D eigenvalue weighted by Crippen LogP contribution is 2.19. The summed E-state index contributed by atoms with van der Waals surface area (Å²) < 4.78 is 1.12. The molecule has 1 aromatic carbocycles. The molecule has 0 radical (unpaired) electrons. The predicted molar refractivity (Wildman–Crippen MR) is 85.6 cm³/mol. The molecular weight excluding hydrogens is 316 g/mol. The van der Waals surface area contributed by atoms with Gasteiger partial charge in [0.05, 0.1) is 0 Å². The highest BCUT2D eigenvalue weighted by Gasteiger charge is 2.21. The van der Waals surface area contributed by atoms with Gasteiger partial charge in [-0.15, -0.1) is 0 Å². The summed E-state index contributed by atoms with van der Waals surface area (Å²) in [5.74, 6) is 0.884. The average Bonchev–Trinajstić information content (AvgIpc) is 2.48. The molecule has 0 atom stereocenters. The number of carbonyl (C=O) groups excluding carboxylic acids is 1. The van der Waals surface area contributed by atoms with Crippen molar-refractivity contribution in [3.05, 3.63) is 33.8 Å². The number of hydrogen-bond donors (Lipinski definition) is 1. The van der Waals surface area contributed by atoms with Gasteiger partial charge in [0.2, 0.25) is 5.91 Å². The molecule has 1 aliphatic rings. The van der Waals surface area contributed by atoms with Crippen LogP contribution in [-0.2, 0) is 11.2 Å². The Labute approximate surface area is 129 Å². The minimum absolute atomic E-state index is 0.279. The predicted octanol–water partition coefficient (Wildman–Crippen LogP) is 2.89. The van der Waals surface area contributed by atoms with Crippen molar-refractivity contribution < 1.29 is 4.79 Å². The minimum atomic E-state index is 0.279. The highest BCUT2D eigenvalue weighted by atomic mass is 79.9. The standard InChI is InChI=1S/C16H23BrN2O/c1-12-10-13(2-4-15(12)17)3-5-16(20)19-8-6-14(11-18)7-9-19/h2,4,10,14H,3,5-9,11,18H2,1H3. The molecule has 0 bridgehead atoms. The van der Waals surface area contributed by atoms with Crippen molar-refractivity contribution >= 4 is 21.8 Å². The summed E-state index contributed by atoms with van der Waals surface area (Å²) in [6.45, 7) is 4.58. The van der Waals surface area contributed by atoms with E-state index in [9.17, 15) is 4.79 Å². The maximum absolute atomic E-state index is 12.2. The van der Waals surface area contributed by atoms with Crippen LogP contribution in [0.3, 0.4) is 0 Å². The van der Waals surface area contributed by atoms with Gasteiger partial charge in [0.15, 0.2) is 0 Å². The zero-order valence-corrected chi connectivity index (χ0v) is 13.7. The largest absolute Gasteiger partial charge is 0.343 e. The SMILES string of the molecule is Cc1cc(CCC(=O)N2CCC(CN)CC2)ccc1Br. The second-order valence-electron chi connectivity index (χ2n) is 5.64. The molecule has 1 fully saturated rings. The quantitative estimate of drug-likeness (QED) is 0.917. The summed E-state index contributed by atoms with van der Waals surface area (Å²) in [5, 5.41) is 0. The van der Waals surface area contributed by atoms with Crippen LogP contribution in [0.4, 0.5) is 0 Å². The van der Waals surface area contributed by atoms with Crippen LogP contribution in [0.15, 0.2) is 22.7 Å². The fourth-order valence-electron chi connectivity index (χ4n) is 2.69. The van der Waals surface area contributed by atoms with Crippen molar-refractivity contribution in [1.82, 2.24) is 4.90 Å². The second-order valence-corrected chi connectivity index (χ2v) is 6.50. The molecule has 1 saturated heterocycles. The van der Waals surface area contributed by atoms with E-state index in [1.165, 1.54) is 11.1 Å². The number of nitrogens with two attached hydrogens (primary N) is 1. The van der Waals surface area contributed by atoms with Crippen LogP contribution in [-0.4, -0.2) is 30.4 Å². The first-order chi connectivity index (χ1) is 9.60. The van der Waals surface area contributed by atoms with E-state index in [0.717, 1.165) is 43.4 Å². The normalized spacial score (nSPS) is 16.4. The van der Waals surface area contributed by atoms with Crippen molar-refractivity contribution in [3.63, 3.8) is 0 Å². The Balaban J connectivity index is 1.81. The van der Waals surface area contributed by atoms with Crippen molar-refractivity contribution in [2.24, 2.45) is 11.7 Å². The molecule has 1 amide bonds. The number of hydrogen-bond acceptors (Lipinski definition) is 2. The van der Waals surface area contributed by atoms with E-state index in [-0.39, 0.29) is 5.91 Å². The summed E-state index contributed by atoms with van der Waals surface area (Å²) in [6.07, 6.45) is 3.54. The van der Waals surface area contributed by atoms with Gasteiger partial charge in [0, 0.05) is 24.0 Å². The molecule has 0 saturated carbocycles. The maximum atomic E-state index is 12.2. The fraction of sp³-hybridized carbons (Fsp3) is 0.562. The van der Waals surface area contributed by atoms with E-state index in [1.807, 2.05) is 4.90 Å². The van der Waals surface area contributed by atoms with Crippen LogP contribution in [0.25, 0.3) is 0 Å².